The van der Waals surface area contributed by atoms with E-state index in [0.717, 1.165) is 40.4 Å². The normalized spacial score (nSPS) is 16.8. The molecule has 0 spiro atoms. The van der Waals surface area contributed by atoms with Crippen LogP contribution in [0, 0.1) is 26.2 Å². The highest BCUT2D eigenvalue weighted by Crippen LogP contribution is 2.50. The minimum atomic E-state index is 0.295. The van der Waals surface area contributed by atoms with Gasteiger partial charge in [-0.2, -0.15) is 0 Å². The Hall–Kier alpha value is -0.730. The van der Waals surface area contributed by atoms with Gasteiger partial charge in [0.1, 0.15) is 5.75 Å². The van der Waals surface area contributed by atoms with Crippen LogP contribution in [0.4, 0.5) is 0 Å². The summed E-state index contributed by atoms with van der Waals surface area (Å²) in [7, 11) is 1.74. The van der Waals surface area contributed by atoms with E-state index < -0.39 is 0 Å². The zero-order valence-corrected chi connectivity index (χ0v) is 12.4. The second kappa shape index (κ2) is 4.75. The highest BCUT2D eigenvalue weighted by molar-refractivity contribution is 6.32. The summed E-state index contributed by atoms with van der Waals surface area (Å²) in [5.41, 5.74) is 10.8. The summed E-state index contributed by atoms with van der Waals surface area (Å²) in [6.07, 6.45) is 3.42. The predicted molar refractivity (Wildman–Crippen MR) is 76.6 cm³/mol. The smallest absolute Gasteiger partial charge is 0.125 e. The molecule has 0 amide bonds. The summed E-state index contributed by atoms with van der Waals surface area (Å²) >= 11 is 6.42. The fourth-order valence-electron chi connectivity index (χ4n) is 2.64. The van der Waals surface area contributed by atoms with Crippen molar-refractivity contribution in [2.24, 2.45) is 11.1 Å². The molecule has 0 saturated heterocycles. The maximum absolute atomic E-state index is 6.42. The first kappa shape index (κ1) is 13.7. The summed E-state index contributed by atoms with van der Waals surface area (Å²) < 4.78 is 5.61. The molecule has 3 heteroatoms. The molecule has 2 rings (SSSR count). The molecule has 1 aromatic rings. The van der Waals surface area contributed by atoms with E-state index in [0.29, 0.717) is 5.41 Å². The van der Waals surface area contributed by atoms with Crippen LogP contribution < -0.4 is 10.5 Å². The lowest BCUT2D eigenvalue weighted by atomic mass is 9.89. The summed E-state index contributed by atoms with van der Waals surface area (Å²) in [6.45, 7) is 6.96. The first-order valence-corrected chi connectivity index (χ1v) is 6.86. The molecule has 1 aliphatic carbocycles. The molecule has 0 aromatic heterocycles. The summed E-state index contributed by atoms with van der Waals surface area (Å²) in [5.74, 6) is 0.995. The topological polar surface area (TPSA) is 35.2 Å². The Morgan fingerprint density at radius 3 is 2.22 bits per heavy atom. The van der Waals surface area contributed by atoms with Crippen LogP contribution in [-0.2, 0) is 6.42 Å². The zero-order chi connectivity index (χ0) is 13.5. The predicted octanol–water partition coefficient (Wildman–Crippen LogP) is 3.56. The number of nitrogens with two attached hydrogens (primary N) is 1. The largest absolute Gasteiger partial charge is 0.496 e. The third kappa shape index (κ3) is 2.12. The second-order valence-corrected chi connectivity index (χ2v) is 5.96. The highest BCUT2D eigenvalue weighted by Gasteiger charge is 2.42. The maximum atomic E-state index is 6.42. The van der Waals surface area contributed by atoms with Crippen LogP contribution in [0.2, 0.25) is 5.02 Å². The van der Waals surface area contributed by atoms with Crippen molar-refractivity contribution in [1.29, 1.82) is 0 Å². The molecule has 18 heavy (non-hydrogen) atoms. The SMILES string of the molecule is COc1c(C)c(C)c(Cl)c(C)c1CC1(CN)CC1. The standard InChI is InChI=1S/C15H22ClNO/c1-9-10(2)14(18-4)12(11(3)13(9)16)7-15(8-17)5-6-15/h5-8,17H2,1-4H3. The lowest BCUT2D eigenvalue weighted by Gasteiger charge is -2.21. The molecule has 0 heterocycles. The number of rotatable bonds is 4. The van der Waals surface area contributed by atoms with Gasteiger partial charge in [0, 0.05) is 5.02 Å². The first-order chi connectivity index (χ1) is 8.45. The average Bonchev–Trinajstić information content (AvgIpc) is 3.14. The van der Waals surface area contributed by atoms with Crippen molar-refractivity contribution >= 4 is 11.6 Å². The number of hydrogen-bond donors (Lipinski definition) is 1. The minimum absolute atomic E-state index is 0.295. The summed E-state index contributed by atoms with van der Waals surface area (Å²) in [6, 6.07) is 0. The number of halogens is 1. The van der Waals surface area contributed by atoms with Gasteiger partial charge in [0.15, 0.2) is 0 Å². The van der Waals surface area contributed by atoms with Crippen molar-refractivity contribution in [3.05, 3.63) is 27.3 Å². The Morgan fingerprint density at radius 2 is 1.78 bits per heavy atom. The third-order valence-electron chi connectivity index (χ3n) is 4.43. The Kier molecular flexibility index (Phi) is 3.61. The maximum Gasteiger partial charge on any atom is 0.125 e. The molecule has 0 atom stereocenters. The van der Waals surface area contributed by atoms with Crippen LogP contribution in [0.15, 0.2) is 0 Å². The van der Waals surface area contributed by atoms with Crippen molar-refractivity contribution in [2.45, 2.75) is 40.0 Å². The van der Waals surface area contributed by atoms with Gasteiger partial charge in [-0.1, -0.05) is 11.6 Å². The van der Waals surface area contributed by atoms with E-state index in [2.05, 4.69) is 13.8 Å². The van der Waals surface area contributed by atoms with Gasteiger partial charge in [0.05, 0.1) is 7.11 Å². The van der Waals surface area contributed by atoms with Crippen molar-refractivity contribution < 1.29 is 4.74 Å². The first-order valence-electron chi connectivity index (χ1n) is 6.48. The molecule has 1 saturated carbocycles. The number of ether oxygens (including phenoxy) is 1. The number of benzene rings is 1. The van der Waals surface area contributed by atoms with Crippen molar-refractivity contribution in [3.63, 3.8) is 0 Å². The molecule has 2 N–H and O–H groups in total. The fourth-order valence-corrected chi connectivity index (χ4v) is 2.90. The molecule has 1 aromatic carbocycles. The van der Waals surface area contributed by atoms with Gasteiger partial charge in [0.2, 0.25) is 0 Å². The van der Waals surface area contributed by atoms with E-state index in [1.54, 1.807) is 7.11 Å². The molecule has 1 aliphatic rings. The zero-order valence-electron chi connectivity index (χ0n) is 11.7. The number of methoxy groups -OCH3 is 1. The highest BCUT2D eigenvalue weighted by atomic mass is 35.5. The van der Waals surface area contributed by atoms with Crippen molar-refractivity contribution in [3.8, 4) is 5.75 Å². The fraction of sp³-hybridized carbons (Fsp3) is 0.600. The van der Waals surface area contributed by atoms with E-state index in [-0.39, 0.29) is 0 Å². The van der Waals surface area contributed by atoms with Crippen molar-refractivity contribution in [1.82, 2.24) is 0 Å². The monoisotopic (exact) mass is 267 g/mol. The van der Waals surface area contributed by atoms with E-state index in [4.69, 9.17) is 22.1 Å². The Morgan fingerprint density at radius 1 is 1.17 bits per heavy atom. The third-order valence-corrected chi connectivity index (χ3v) is 5.00. The van der Waals surface area contributed by atoms with Gasteiger partial charge >= 0.3 is 0 Å². The minimum Gasteiger partial charge on any atom is -0.496 e. The molecule has 0 radical (unpaired) electrons. The molecular weight excluding hydrogens is 246 g/mol. The summed E-state index contributed by atoms with van der Waals surface area (Å²) in [5, 5.41) is 0.871. The molecule has 0 bridgehead atoms. The second-order valence-electron chi connectivity index (χ2n) is 5.58. The molecule has 2 nitrogen and oxygen atoms in total. The molecule has 100 valence electrons. The van der Waals surface area contributed by atoms with Crippen LogP contribution in [0.1, 0.15) is 35.1 Å². The van der Waals surface area contributed by atoms with Crippen LogP contribution in [-0.4, -0.2) is 13.7 Å². The van der Waals surface area contributed by atoms with Crippen LogP contribution in [0.25, 0.3) is 0 Å². The van der Waals surface area contributed by atoms with Gasteiger partial charge in [-0.15, -0.1) is 0 Å². The van der Waals surface area contributed by atoms with E-state index in [1.165, 1.54) is 18.4 Å². The van der Waals surface area contributed by atoms with Gasteiger partial charge in [-0.25, -0.2) is 0 Å². The van der Waals surface area contributed by atoms with Crippen LogP contribution in [0.3, 0.4) is 0 Å². The van der Waals surface area contributed by atoms with Crippen LogP contribution in [0.5, 0.6) is 5.75 Å². The molecule has 0 unspecified atom stereocenters. The van der Waals surface area contributed by atoms with Gasteiger partial charge in [-0.3, -0.25) is 0 Å². The Balaban J connectivity index is 2.51. The Labute approximate surface area is 114 Å². The number of hydrogen-bond acceptors (Lipinski definition) is 2. The quantitative estimate of drug-likeness (QED) is 0.905. The van der Waals surface area contributed by atoms with Crippen molar-refractivity contribution in [2.75, 3.05) is 13.7 Å². The lowest BCUT2D eigenvalue weighted by Crippen LogP contribution is -2.19. The Bertz CT molecular complexity index is 478. The van der Waals surface area contributed by atoms with Gasteiger partial charge < -0.3 is 10.5 Å². The van der Waals surface area contributed by atoms with E-state index >= 15 is 0 Å². The molecular formula is C15H22ClNO. The molecule has 0 aliphatic heterocycles. The van der Waals surface area contributed by atoms with E-state index in [9.17, 15) is 0 Å². The van der Waals surface area contributed by atoms with Gasteiger partial charge in [0.25, 0.3) is 0 Å². The van der Waals surface area contributed by atoms with E-state index in [1.807, 2.05) is 6.92 Å². The lowest BCUT2D eigenvalue weighted by molar-refractivity contribution is 0.398. The summed E-state index contributed by atoms with van der Waals surface area (Å²) in [4.78, 5) is 0. The molecule has 1 fully saturated rings. The van der Waals surface area contributed by atoms with Gasteiger partial charge in [-0.05, 0) is 74.2 Å². The van der Waals surface area contributed by atoms with Crippen LogP contribution >= 0.6 is 11.6 Å². The average molecular weight is 268 g/mol.